The van der Waals surface area contributed by atoms with Gasteiger partial charge in [-0.1, -0.05) is 33.1 Å². The second kappa shape index (κ2) is 8.08. The van der Waals surface area contributed by atoms with Crippen molar-refractivity contribution in [1.29, 1.82) is 0 Å². The number of unbranched alkanes of at least 4 members (excludes halogenated alkanes) is 1. The summed E-state index contributed by atoms with van der Waals surface area (Å²) in [5.74, 6) is 0.860. The Morgan fingerprint density at radius 1 is 1.31 bits per heavy atom. The monoisotopic (exact) mass is 227 g/mol. The van der Waals surface area contributed by atoms with Crippen molar-refractivity contribution in [1.82, 2.24) is 5.32 Å². The van der Waals surface area contributed by atoms with Crippen molar-refractivity contribution in [3.8, 4) is 0 Å². The van der Waals surface area contributed by atoms with Crippen molar-refractivity contribution in [2.24, 2.45) is 5.92 Å². The maximum absolute atomic E-state index is 5.80. The molecule has 0 radical (unpaired) electrons. The first-order chi connectivity index (χ1) is 7.76. The minimum atomic E-state index is 0.471. The van der Waals surface area contributed by atoms with Crippen LogP contribution in [0.5, 0.6) is 0 Å². The molecule has 0 bridgehead atoms. The van der Waals surface area contributed by atoms with Gasteiger partial charge in [0.05, 0.1) is 12.2 Å². The maximum Gasteiger partial charge on any atom is 0.0704 e. The minimum absolute atomic E-state index is 0.471. The van der Waals surface area contributed by atoms with Gasteiger partial charge in [-0.15, -0.1) is 0 Å². The fraction of sp³-hybridized carbons (Fsp3) is 1.00. The Labute approximate surface area is 101 Å². The molecule has 1 rings (SSSR count). The molecule has 0 amide bonds. The lowest BCUT2D eigenvalue weighted by Gasteiger charge is -2.17. The van der Waals surface area contributed by atoms with Gasteiger partial charge in [-0.05, 0) is 38.6 Å². The highest BCUT2D eigenvalue weighted by Gasteiger charge is 2.21. The first-order valence-corrected chi connectivity index (χ1v) is 7.12. The van der Waals surface area contributed by atoms with Crippen molar-refractivity contribution in [2.75, 3.05) is 13.1 Å². The van der Waals surface area contributed by atoms with Gasteiger partial charge in [0.25, 0.3) is 0 Å². The SMILES string of the molecule is CCCCC(CC)CNCC1CCC(C)O1. The fourth-order valence-electron chi connectivity index (χ4n) is 2.43. The quantitative estimate of drug-likeness (QED) is 0.686. The average Bonchev–Trinajstić information content (AvgIpc) is 2.69. The smallest absolute Gasteiger partial charge is 0.0704 e. The Kier molecular flexibility index (Phi) is 7.06. The number of ether oxygens (including phenoxy) is 1. The minimum Gasteiger partial charge on any atom is -0.374 e. The van der Waals surface area contributed by atoms with Crippen LogP contribution in [0.3, 0.4) is 0 Å². The largest absolute Gasteiger partial charge is 0.374 e. The van der Waals surface area contributed by atoms with E-state index in [4.69, 9.17) is 4.74 Å². The van der Waals surface area contributed by atoms with Gasteiger partial charge in [0.2, 0.25) is 0 Å². The van der Waals surface area contributed by atoms with Crippen LogP contribution < -0.4 is 5.32 Å². The molecular weight excluding hydrogens is 198 g/mol. The van der Waals surface area contributed by atoms with Crippen LogP contribution in [0.15, 0.2) is 0 Å². The summed E-state index contributed by atoms with van der Waals surface area (Å²) in [4.78, 5) is 0. The third-order valence-electron chi connectivity index (χ3n) is 3.67. The summed E-state index contributed by atoms with van der Waals surface area (Å²) in [5, 5.41) is 3.58. The average molecular weight is 227 g/mol. The fourth-order valence-corrected chi connectivity index (χ4v) is 2.43. The van der Waals surface area contributed by atoms with Gasteiger partial charge < -0.3 is 10.1 Å². The second-order valence-electron chi connectivity index (χ2n) is 5.22. The Bertz CT molecular complexity index is 172. The molecule has 1 aliphatic rings. The van der Waals surface area contributed by atoms with E-state index in [9.17, 15) is 0 Å². The molecule has 3 atom stereocenters. The van der Waals surface area contributed by atoms with Gasteiger partial charge in [0, 0.05) is 6.54 Å². The van der Waals surface area contributed by atoms with Crippen LogP contribution in [0.25, 0.3) is 0 Å². The van der Waals surface area contributed by atoms with E-state index in [2.05, 4.69) is 26.1 Å². The van der Waals surface area contributed by atoms with E-state index in [0.29, 0.717) is 12.2 Å². The van der Waals surface area contributed by atoms with Gasteiger partial charge in [-0.25, -0.2) is 0 Å². The molecule has 0 aliphatic carbocycles. The lowest BCUT2D eigenvalue weighted by Crippen LogP contribution is -2.31. The molecule has 0 aromatic heterocycles. The number of hydrogen-bond donors (Lipinski definition) is 1. The van der Waals surface area contributed by atoms with Crippen LogP contribution in [-0.4, -0.2) is 25.3 Å². The second-order valence-corrected chi connectivity index (χ2v) is 5.22. The topological polar surface area (TPSA) is 21.3 Å². The summed E-state index contributed by atoms with van der Waals surface area (Å²) in [7, 11) is 0. The Morgan fingerprint density at radius 2 is 2.12 bits per heavy atom. The van der Waals surface area contributed by atoms with Gasteiger partial charge in [0.15, 0.2) is 0 Å². The van der Waals surface area contributed by atoms with Gasteiger partial charge in [0.1, 0.15) is 0 Å². The van der Waals surface area contributed by atoms with Crippen LogP contribution in [-0.2, 0) is 4.74 Å². The number of nitrogens with one attached hydrogen (secondary N) is 1. The Balaban J connectivity index is 2.04. The zero-order valence-electron chi connectivity index (χ0n) is 11.3. The zero-order valence-corrected chi connectivity index (χ0v) is 11.3. The molecular formula is C14H29NO. The zero-order chi connectivity index (χ0) is 11.8. The maximum atomic E-state index is 5.80. The molecule has 0 spiro atoms. The van der Waals surface area contributed by atoms with E-state index < -0.39 is 0 Å². The van der Waals surface area contributed by atoms with E-state index in [-0.39, 0.29) is 0 Å². The Hall–Kier alpha value is -0.0800. The van der Waals surface area contributed by atoms with E-state index in [1.807, 2.05) is 0 Å². The van der Waals surface area contributed by atoms with Gasteiger partial charge in [-0.2, -0.15) is 0 Å². The van der Waals surface area contributed by atoms with Crippen molar-refractivity contribution < 1.29 is 4.74 Å². The molecule has 2 heteroatoms. The van der Waals surface area contributed by atoms with Crippen LogP contribution in [0.1, 0.15) is 59.3 Å². The molecule has 1 fully saturated rings. The lowest BCUT2D eigenvalue weighted by molar-refractivity contribution is 0.0554. The summed E-state index contributed by atoms with van der Waals surface area (Å²) >= 11 is 0. The van der Waals surface area contributed by atoms with Gasteiger partial charge >= 0.3 is 0 Å². The van der Waals surface area contributed by atoms with Crippen LogP contribution in [0, 0.1) is 5.92 Å². The van der Waals surface area contributed by atoms with E-state index in [1.54, 1.807) is 0 Å². The summed E-state index contributed by atoms with van der Waals surface area (Å²) in [6, 6.07) is 0. The molecule has 16 heavy (non-hydrogen) atoms. The van der Waals surface area contributed by atoms with E-state index >= 15 is 0 Å². The number of hydrogen-bond acceptors (Lipinski definition) is 2. The predicted molar refractivity (Wildman–Crippen MR) is 69.7 cm³/mol. The molecule has 1 aliphatic heterocycles. The third kappa shape index (κ3) is 5.31. The van der Waals surface area contributed by atoms with Crippen molar-refractivity contribution in [3.63, 3.8) is 0 Å². The molecule has 0 aromatic carbocycles. The first-order valence-electron chi connectivity index (χ1n) is 7.12. The van der Waals surface area contributed by atoms with Crippen molar-refractivity contribution >= 4 is 0 Å². The highest BCUT2D eigenvalue weighted by atomic mass is 16.5. The highest BCUT2D eigenvalue weighted by Crippen LogP contribution is 2.18. The molecule has 0 aromatic rings. The molecule has 1 saturated heterocycles. The Morgan fingerprint density at radius 3 is 2.69 bits per heavy atom. The van der Waals surface area contributed by atoms with Crippen molar-refractivity contribution in [3.05, 3.63) is 0 Å². The summed E-state index contributed by atoms with van der Waals surface area (Å²) in [5.41, 5.74) is 0. The van der Waals surface area contributed by atoms with Crippen molar-refractivity contribution in [2.45, 2.75) is 71.5 Å². The molecule has 2 nitrogen and oxygen atoms in total. The standard InChI is InChI=1S/C14H29NO/c1-4-6-7-13(5-2)10-15-11-14-9-8-12(3)16-14/h12-15H,4-11H2,1-3H3. The molecule has 96 valence electrons. The summed E-state index contributed by atoms with van der Waals surface area (Å²) in [6.07, 6.45) is 8.79. The highest BCUT2D eigenvalue weighted by molar-refractivity contribution is 4.73. The predicted octanol–water partition coefficient (Wildman–Crippen LogP) is 3.36. The molecule has 3 unspecified atom stereocenters. The molecule has 1 heterocycles. The van der Waals surface area contributed by atoms with Crippen LogP contribution >= 0.6 is 0 Å². The summed E-state index contributed by atoms with van der Waals surface area (Å²) < 4.78 is 5.80. The van der Waals surface area contributed by atoms with E-state index in [0.717, 1.165) is 12.5 Å². The van der Waals surface area contributed by atoms with Crippen LogP contribution in [0.2, 0.25) is 0 Å². The van der Waals surface area contributed by atoms with Gasteiger partial charge in [-0.3, -0.25) is 0 Å². The molecule has 1 N–H and O–H groups in total. The third-order valence-corrected chi connectivity index (χ3v) is 3.67. The van der Waals surface area contributed by atoms with E-state index in [1.165, 1.54) is 45.1 Å². The summed E-state index contributed by atoms with van der Waals surface area (Å²) in [6.45, 7) is 8.97. The normalized spacial score (nSPS) is 27.2. The number of rotatable bonds is 8. The molecule has 0 saturated carbocycles. The first kappa shape index (κ1) is 14.0. The van der Waals surface area contributed by atoms with Crippen LogP contribution in [0.4, 0.5) is 0 Å². The lowest BCUT2D eigenvalue weighted by atomic mass is 9.99.